The molecule has 9 heteroatoms. The zero-order valence-corrected chi connectivity index (χ0v) is 9.84. The van der Waals surface area contributed by atoms with Crippen LogP contribution in [-0.2, 0) is 20.3 Å². The summed E-state index contributed by atoms with van der Waals surface area (Å²) >= 11 is 0. The van der Waals surface area contributed by atoms with Crippen molar-refractivity contribution < 1.29 is 23.9 Å². The summed E-state index contributed by atoms with van der Waals surface area (Å²) in [6, 6.07) is -0.510. The van der Waals surface area contributed by atoms with Gasteiger partial charge in [-0.1, -0.05) is 0 Å². The molecule has 0 fully saturated rings. The molecule has 0 amide bonds. The molecule has 0 spiro atoms. The predicted molar refractivity (Wildman–Crippen MR) is 58.5 cm³/mol. The molecule has 8 nitrogen and oxygen atoms in total. The number of rotatable bonds is 7. The molecule has 0 aliphatic carbocycles. The highest BCUT2D eigenvalue weighted by molar-refractivity contribution is 7.53. The fourth-order valence-corrected chi connectivity index (χ4v) is 2.02. The minimum absolute atomic E-state index is 0.194. The average molecular weight is 263 g/mol. The first-order chi connectivity index (χ1) is 7.89. The van der Waals surface area contributed by atoms with Crippen molar-refractivity contribution >= 4 is 13.6 Å². The van der Waals surface area contributed by atoms with Crippen LogP contribution < -0.4 is 5.73 Å². The van der Waals surface area contributed by atoms with Crippen molar-refractivity contribution in [1.82, 2.24) is 9.97 Å². The summed E-state index contributed by atoms with van der Waals surface area (Å²) in [7, 11) is -4.10. The van der Waals surface area contributed by atoms with Gasteiger partial charge in [-0.25, -0.2) is 4.98 Å². The number of aromatic nitrogens is 2. The Balaban J connectivity index is 2.35. The lowest BCUT2D eigenvalue weighted by molar-refractivity contribution is -0.134. The number of aromatic amines is 1. The minimum atomic E-state index is -4.10. The van der Waals surface area contributed by atoms with Gasteiger partial charge in [0.25, 0.3) is 0 Å². The van der Waals surface area contributed by atoms with E-state index in [2.05, 4.69) is 14.5 Å². The molecule has 1 heterocycles. The Hall–Kier alpha value is -1.21. The van der Waals surface area contributed by atoms with E-state index in [1.165, 1.54) is 6.33 Å². The number of nitrogens with zero attached hydrogens (tertiary/aromatic N) is 1. The Kier molecular flexibility index (Phi) is 4.83. The number of hydrogen-bond donors (Lipinski definition) is 4. The minimum Gasteiger partial charge on any atom is -0.481 e. The van der Waals surface area contributed by atoms with Gasteiger partial charge in [0.1, 0.15) is 6.16 Å². The number of H-pyrrole nitrogens is 1. The number of aliphatic carboxylic acids is 1. The van der Waals surface area contributed by atoms with E-state index >= 15 is 0 Å². The summed E-state index contributed by atoms with van der Waals surface area (Å²) in [5.41, 5.74) is 6.42. The van der Waals surface area contributed by atoms with Crippen LogP contribution in [0.1, 0.15) is 5.69 Å². The zero-order valence-electron chi connectivity index (χ0n) is 8.94. The lowest BCUT2D eigenvalue weighted by atomic mass is 10.2. The van der Waals surface area contributed by atoms with Gasteiger partial charge in [0.05, 0.1) is 12.9 Å². The topological polar surface area (TPSA) is 139 Å². The van der Waals surface area contributed by atoms with Crippen molar-refractivity contribution in [2.75, 3.05) is 12.8 Å². The molecule has 1 aromatic heterocycles. The molecule has 1 aromatic rings. The second-order valence-electron chi connectivity index (χ2n) is 3.53. The third-order valence-electron chi connectivity index (χ3n) is 1.86. The van der Waals surface area contributed by atoms with Crippen LogP contribution in [0.2, 0.25) is 0 Å². The smallest absolute Gasteiger partial charge is 0.339 e. The van der Waals surface area contributed by atoms with Gasteiger partial charge in [0.2, 0.25) is 0 Å². The molecule has 1 rings (SSSR count). The highest BCUT2D eigenvalue weighted by atomic mass is 31.2. The summed E-state index contributed by atoms with van der Waals surface area (Å²) in [6.45, 7) is -0.194. The SMILES string of the molecule is NC(COP(=O)(O)CC(=O)O)Cc1cnc[nH]1. The first-order valence-electron chi connectivity index (χ1n) is 4.80. The van der Waals surface area contributed by atoms with Gasteiger partial charge in [0, 0.05) is 24.4 Å². The van der Waals surface area contributed by atoms with Crippen molar-refractivity contribution in [3.63, 3.8) is 0 Å². The largest absolute Gasteiger partial charge is 0.481 e. The number of nitrogens with one attached hydrogen (secondary N) is 1. The normalized spacial score (nSPS) is 16.4. The average Bonchev–Trinajstić information content (AvgIpc) is 2.65. The maximum atomic E-state index is 11.2. The van der Waals surface area contributed by atoms with Crippen molar-refractivity contribution in [3.05, 3.63) is 18.2 Å². The lowest BCUT2D eigenvalue weighted by Crippen LogP contribution is -2.28. The third kappa shape index (κ3) is 5.60. The molecular weight excluding hydrogens is 249 g/mol. The van der Waals surface area contributed by atoms with Gasteiger partial charge in [-0.05, 0) is 0 Å². The van der Waals surface area contributed by atoms with Crippen molar-refractivity contribution in [3.8, 4) is 0 Å². The summed E-state index contributed by atoms with van der Waals surface area (Å²) in [5, 5.41) is 8.37. The van der Waals surface area contributed by atoms with Crippen LogP contribution >= 0.6 is 7.60 Å². The van der Waals surface area contributed by atoms with Crippen LogP contribution in [-0.4, -0.2) is 44.7 Å². The van der Waals surface area contributed by atoms with Crippen molar-refractivity contribution in [2.45, 2.75) is 12.5 Å². The van der Waals surface area contributed by atoms with E-state index in [9.17, 15) is 9.36 Å². The van der Waals surface area contributed by atoms with Gasteiger partial charge >= 0.3 is 13.6 Å². The predicted octanol–water partition coefficient (Wildman–Crippen LogP) is -0.434. The zero-order chi connectivity index (χ0) is 12.9. The molecule has 0 bridgehead atoms. The summed E-state index contributed by atoms with van der Waals surface area (Å²) < 4.78 is 15.8. The monoisotopic (exact) mass is 263 g/mol. The number of hydrogen-bond acceptors (Lipinski definition) is 5. The van der Waals surface area contributed by atoms with Crippen molar-refractivity contribution in [1.29, 1.82) is 0 Å². The Morgan fingerprint density at radius 3 is 2.94 bits per heavy atom. The van der Waals surface area contributed by atoms with E-state index < -0.39 is 25.8 Å². The standard InChI is InChI=1S/C8H14N3O5P/c9-6(1-7-2-10-5-11-7)3-16-17(14,15)4-8(12)13/h2,5-6H,1,3-4,9H2,(H,10,11)(H,12,13)(H,14,15). The summed E-state index contributed by atoms with van der Waals surface area (Å²) in [4.78, 5) is 26.0. The summed E-state index contributed by atoms with van der Waals surface area (Å²) in [6.07, 6.45) is 2.54. The van der Waals surface area contributed by atoms with E-state index in [4.69, 9.17) is 15.7 Å². The van der Waals surface area contributed by atoms with E-state index in [0.29, 0.717) is 6.42 Å². The lowest BCUT2D eigenvalue weighted by Gasteiger charge is -2.14. The molecule has 0 radical (unpaired) electrons. The highest BCUT2D eigenvalue weighted by Crippen LogP contribution is 2.41. The van der Waals surface area contributed by atoms with Crippen LogP contribution in [0.4, 0.5) is 0 Å². The first-order valence-corrected chi connectivity index (χ1v) is 6.56. The fraction of sp³-hybridized carbons (Fsp3) is 0.500. The molecule has 17 heavy (non-hydrogen) atoms. The van der Waals surface area contributed by atoms with Gasteiger partial charge in [-0.2, -0.15) is 0 Å². The van der Waals surface area contributed by atoms with E-state index in [1.54, 1.807) is 6.20 Å². The molecule has 0 saturated heterocycles. The maximum Gasteiger partial charge on any atom is 0.339 e. The van der Waals surface area contributed by atoms with Crippen LogP contribution in [0.3, 0.4) is 0 Å². The number of carboxylic acid groups (broad SMARTS) is 1. The first kappa shape index (κ1) is 13.9. The molecule has 0 aliphatic heterocycles. The number of imidazole rings is 1. The second kappa shape index (κ2) is 5.92. The van der Waals surface area contributed by atoms with E-state index in [-0.39, 0.29) is 6.61 Å². The van der Waals surface area contributed by atoms with Crippen LogP contribution in [0.15, 0.2) is 12.5 Å². The van der Waals surface area contributed by atoms with Crippen molar-refractivity contribution in [2.24, 2.45) is 5.73 Å². The van der Waals surface area contributed by atoms with Gasteiger partial charge in [-0.3, -0.25) is 9.36 Å². The van der Waals surface area contributed by atoms with Crippen LogP contribution in [0.25, 0.3) is 0 Å². The molecular formula is C8H14N3O5P. The van der Waals surface area contributed by atoms with Gasteiger partial charge in [-0.15, -0.1) is 0 Å². The molecule has 2 unspecified atom stereocenters. The number of nitrogens with two attached hydrogens (primary N) is 1. The maximum absolute atomic E-state index is 11.2. The van der Waals surface area contributed by atoms with E-state index in [1.807, 2.05) is 0 Å². The second-order valence-corrected chi connectivity index (χ2v) is 5.38. The summed E-state index contributed by atoms with van der Waals surface area (Å²) in [5.74, 6) is -1.39. The van der Waals surface area contributed by atoms with E-state index in [0.717, 1.165) is 5.69 Å². The third-order valence-corrected chi connectivity index (χ3v) is 3.09. The quantitative estimate of drug-likeness (QED) is 0.489. The van der Waals surface area contributed by atoms with Crippen LogP contribution in [0, 0.1) is 0 Å². The molecule has 96 valence electrons. The highest BCUT2D eigenvalue weighted by Gasteiger charge is 2.24. The fourth-order valence-electron chi connectivity index (χ4n) is 1.17. The molecule has 2 atom stereocenters. The Bertz CT molecular complexity index is 407. The Labute approximate surface area is 97.4 Å². The Morgan fingerprint density at radius 2 is 2.41 bits per heavy atom. The van der Waals surface area contributed by atoms with Gasteiger partial charge in [0.15, 0.2) is 0 Å². The molecule has 0 saturated carbocycles. The molecule has 5 N–H and O–H groups in total. The number of carbonyl (C=O) groups is 1. The van der Waals surface area contributed by atoms with Crippen LogP contribution in [0.5, 0.6) is 0 Å². The Morgan fingerprint density at radius 1 is 1.71 bits per heavy atom. The van der Waals surface area contributed by atoms with Gasteiger partial charge < -0.3 is 25.2 Å². The molecule has 0 aromatic carbocycles. The molecule has 0 aliphatic rings. The number of carboxylic acids is 1.